The minimum absolute atomic E-state index is 0.104. The number of carbonyl (C=O) groups is 1. The third-order valence-electron chi connectivity index (χ3n) is 6.70. The van der Waals surface area contributed by atoms with E-state index >= 15 is 0 Å². The van der Waals surface area contributed by atoms with Crippen LogP contribution in [-0.4, -0.2) is 42.3 Å². The van der Waals surface area contributed by atoms with Gasteiger partial charge in [0.15, 0.2) is 5.58 Å². The van der Waals surface area contributed by atoms with E-state index in [0.29, 0.717) is 30.4 Å². The van der Waals surface area contributed by atoms with Gasteiger partial charge in [0.2, 0.25) is 15.9 Å². The van der Waals surface area contributed by atoms with Gasteiger partial charge in [-0.25, -0.2) is 13.2 Å². The summed E-state index contributed by atoms with van der Waals surface area (Å²) in [6, 6.07) is 4.50. The Hall–Kier alpha value is -2.13. The Labute approximate surface area is 176 Å². The van der Waals surface area contributed by atoms with Crippen molar-refractivity contribution >= 4 is 27.0 Å². The molecule has 1 aromatic heterocycles. The third-order valence-corrected chi connectivity index (χ3v) is 8.59. The van der Waals surface area contributed by atoms with Gasteiger partial charge in [0.05, 0.1) is 10.4 Å². The number of amides is 1. The topological polar surface area (TPSA) is 102 Å². The van der Waals surface area contributed by atoms with Crippen molar-refractivity contribution in [1.29, 1.82) is 0 Å². The van der Waals surface area contributed by atoms with E-state index < -0.39 is 15.8 Å². The van der Waals surface area contributed by atoms with Gasteiger partial charge in [0.25, 0.3) is 0 Å². The minimum Gasteiger partial charge on any atom is -0.408 e. The van der Waals surface area contributed by atoms with Crippen molar-refractivity contribution in [2.45, 2.75) is 63.4 Å². The van der Waals surface area contributed by atoms with Crippen LogP contribution in [0, 0.1) is 11.8 Å². The number of hydrogen-bond acceptors (Lipinski definition) is 5. The zero-order chi connectivity index (χ0) is 21.5. The Bertz CT molecular complexity index is 1100. The molecule has 0 unspecified atom stereocenters. The summed E-state index contributed by atoms with van der Waals surface area (Å²) in [5.41, 5.74) is 0.591. The maximum absolute atomic E-state index is 12.8. The van der Waals surface area contributed by atoms with E-state index in [4.69, 9.17) is 4.42 Å². The normalized spacial score (nSPS) is 25.6. The Kier molecular flexibility index (Phi) is 5.76. The molecule has 1 N–H and O–H groups in total. The number of nitrogens with zero attached hydrogens (tertiary/aromatic N) is 2. The average Bonchev–Trinajstić information content (AvgIpc) is 3.34. The quantitative estimate of drug-likeness (QED) is 0.777. The van der Waals surface area contributed by atoms with Crippen molar-refractivity contribution in [2.75, 3.05) is 13.1 Å². The van der Waals surface area contributed by atoms with Crippen LogP contribution < -0.4 is 11.1 Å². The van der Waals surface area contributed by atoms with Crippen molar-refractivity contribution < 1.29 is 17.6 Å². The second kappa shape index (κ2) is 8.19. The fourth-order valence-corrected chi connectivity index (χ4v) is 6.15. The zero-order valence-electron chi connectivity index (χ0n) is 17.5. The molecule has 0 bridgehead atoms. The number of nitrogens with one attached hydrogen (secondary N) is 1. The molecule has 1 saturated carbocycles. The van der Waals surface area contributed by atoms with Gasteiger partial charge in [-0.05, 0) is 43.2 Å². The molecule has 2 aliphatic rings. The standard InChI is InChI=1S/C21H29N3O5S/c1-14-6-5-7-17(15(14)2)22-20(25)13-24-18-9-8-16(12-19(18)29-21(24)26)30(27,28)23-10-3-4-11-23/h8-9,12,14-15,17H,3-7,10-11,13H2,1-2H3,(H,22,25)/t14-,15-,17+/m1/s1. The summed E-state index contributed by atoms with van der Waals surface area (Å²) < 4.78 is 33.5. The van der Waals surface area contributed by atoms with Gasteiger partial charge in [-0.1, -0.05) is 26.7 Å². The van der Waals surface area contributed by atoms with Gasteiger partial charge in [-0.2, -0.15) is 4.31 Å². The molecule has 2 heterocycles. The molecule has 164 valence electrons. The van der Waals surface area contributed by atoms with Crippen molar-refractivity contribution in [3.05, 3.63) is 28.7 Å². The molecule has 3 atom stereocenters. The highest BCUT2D eigenvalue weighted by molar-refractivity contribution is 7.89. The first-order chi connectivity index (χ1) is 14.3. The molecular weight excluding hydrogens is 406 g/mol. The monoisotopic (exact) mass is 435 g/mol. The molecule has 30 heavy (non-hydrogen) atoms. The Balaban J connectivity index is 1.54. The van der Waals surface area contributed by atoms with Crippen LogP contribution in [0.5, 0.6) is 0 Å². The van der Waals surface area contributed by atoms with Gasteiger partial charge >= 0.3 is 5.76 Å². The first-order valence-electron chi connectivity index (χ1n) is 10.7. The summed E-state index contributed by atoms with van der Waals surface area (Å²) in [5.74, 6) is 0.0387. The molecule has 1 aliphatic heterocycles. The molecule has 4 rings (SSSR count). The lowest BCUT2D eigenvalue weighted by Gasteiger charge is -2.34. The number of sulfonamides is 1. The van der Waals surface area contributed by atoms with Gasteiger partial charge in [0.1, 0.15) is 6.54 Å². The molecule has 1 aromatic carbocycles. The SMILES string of the molecule is C[C@@H]1[C@H](C)CCC[C@@H]1NC(=O)Cn1c(=O)oc2cc(S(=O)(=O)N3CCCC3)ccc21. The number of hydrogen-bond donors (Lipinski definition) is 1. The van der Waals surface area contributed by atoms with Gasteiger partial charge in [-0.3, -0.25) is 9.36 Å². The average molecular weight is 436 g/mol. The van der Waals surface area contributed by atoms with Crippen LogP contribution in [0.3, 0.4) is 0 Å². The van der Waals surface area contributed by atoms with E-state index in [1.807, 2.05) is 0 Å². The fourth-order valence-electron chi connectivity index (χ4n) is 4.62. The number of benzene rings is 1. The zero-order valence-corrected chi connectivity index (χ0v) is 18.3. The highest BCUT2D eigenvalue weighted by Gasteiger charge is 2.30. The predicted molar refractivity (Wildman–Crippen MR) is 113 cm³/mol. The van der Waals surface area contributed by atoms with Crippen LogP contribution >= 0.6 is 0 Å². The van der Waals surface area contributed by atoms with Gasteiger partial charge in [-0.15, -0.1) is 0 Å². The van der Waals surface area contributed by atoms with Crippen molar-refractivity contribution in [2.24, 2.45) is 11.8 Å². The maximum Gasteiger partial charge on any atom is 0.420 e. The van der Waals surface area contributed by atoms with E-state index in [9.17, 15) is 18.0 Å². The van der Waals surface area contributed by atoms with Crippen molar-refractivity contribution in [3.63, 3.8) is 0 Å². The molecule has 1 aliphatic carbocycles. The summed E-state index contributed by atoms with van der Waals surface area (Å²) >= 11 is 0. The smallest absolute Gasteiger partial charge is 0.408 e. The summed E-state index contributed by atoms with van der Waals surface area (Å²) in [4.78, 5) is 25.1. The van der Waals surface area contributed by atoms with Crippen LogP contribution in [-0.2, 0) is 21.4 Å². The highest BCUT2D eigenvalue weighted by Crippen LogP contribution is 2.29. The lowest BCUT2D eigenvalue weighted by molar-refractivity contribution is -0.123. The van der Waals surface area contributed by atoms with Gasteiger partial charge in [0, 0.05) is 25.2 Å². The summed E-state index contributed by atoms with van der Waals surface area (Å²) in [6.07, 6.45) is 4.89. The predicted octanol–water partition coefficient (Wildman–Crippen LogP) is 2.32. The molecule has 8 nitrogen and oxygen atoms in total. The summed E-state index contributed by atoms with van der Waals surface area (Å²) in [6.45, 7) is 5.20. The number of fused-ring (bicyclic) bond motifs is 1. The van der Waals surface area contributed by atoms with Gasteiger partial charge < -0.3 is 9.73 Å². The Morgan fingerprint density at radius 3 is 2.63 bits per heavy atom. The number of oxazole rings is 1. The Morgan fingerprint density at radius 2 is 1.90 bits per heavy atom. The molecule has 1 amide bonds. The minimum atomic E-state index is -3.60. The van der Waals surface area contributed by atoms with Crippen molar-refractivity contribution in [1.82, 2.24) is 14.2 Å². The van der Waals surface area contributed by atoms with Crippen LogP contribution in [0.1, 0.15) is 46.0 Å². The van der Waals surface area contributed by atoms with Crippen LogP contribution in [0.25, 0.3) is 11.1 Å². The molecular formula is C21H29N3O5S. The summed E-state index contributed by atoms with van der Waals surface area (Å²) in [5, 5.41) is 3.06. The lowest BCUT2D eigenvalue weighted by atomic mass is 9.78. The second-order valence-corrected chi connectivity index (χ2v) is 10.6. The van der Waals surface area contributed by atoms with E-state index in [0.717, 1.165) is 25.7 Å². The maximum atomic E-state index is 12.8. The lowest BCUT2D eigenvalue weighted by Crippen LogP contribution is -2.45. The fraction of sp³-hybridized carbons (Fsp3) is 0.619. The van der Waals surface area contributed by atoms with Crippen LogP contribution in [0.15, 0.2) is 32.3 Å². The molecule has 2 fully saturated rings. The number of carbonyl (C=O) groups excluding carboxylic acids is 1. The van der Waals surface area contributed by atoms with E-state index in [1.54, 1.807) is 6.07 Å². The molecule has 9 heteroatoms. The first-order valence-corrected chi connectivity index (χ1v) is 12.1. The first kappa shape index (κ1) is 21.1. The van der Waals surface area contributed by atoms with E-state index in [1.165, 1.54) is 27.4 Å². The largest absolute Gasteiger partial charge is 0.420 e. The van der Waals surface area contributed by atoms with Crippen molar-refractivity contribution in [3.8, 4) is 0 Å². The van der Waals surface area contributed by atoms with Crippen LogP contribution in [0.2, 0.25) is 0 Å². The summed E-state index contributed by atoms with van der Waals surface area (Å²) in [7, 11) is -3.60. The third kappa shape index (κ3) is 3.92. The van der Waals surface area contributed by atoms with E-state index in [-0.39, 0.29) is 29.0 Å². The Morgan fingerprint density at radius 1 is 1.17 bits per heavy atom. The van der Waals surface area contributed by atoms with Crippen LogP contribution in [0.4, 0.5) is 0 Å². The number of rotatable bonds is 5. The molecule has 0 radical (unpaired) electrons. The highest BCUT2D eigenvalue weighted by atomic mass is 32.2. The van der Waals surface area contributed by atoms with E-state index in [2.05, 4.69) is 19.2 Å². The number of aromatic nitrogens is 1. The molecule has 1 saturated heterocycles. The molecule has 2 aromatic rings. The molecule has 0 spiro atoms. The second-order valence-electron chi connectivity index (χ2n) is 8.64.